The summed E-state index contributed by atoms with van der Waals surface area (Å²) in [5.74, 6) is -0.151. The van der Waals surface area contributed by atoms with Crippen molar-refractivity contribution in [2.24, 2.45) is 0 Å². The molecule has 31 heavy (non-hydrogen) atoms. The summed E-state index contributed by atoms with van der Waals surface area (Å²) in [4.78, 5) is 14.8. The van der Waals surface area contributed by atoms with Crippen LogP contribution in [0.15, 0.2) is 77.7 Å². The summed E-state index contributed by atoms with van der Waals surface area (Å²) in [7, 11) is 0. The average molecular weight is 454 g/mol. The van der Waals surface area contributed by atoms with Crippen molar-refractivity contribution in [2.45, 2.75) is 13.2 Å². The molecule has 1 fully saturated rings. The summed E-state index contributed by atoms with van der Waals surface area (Å²) in [6.45, 7) is 0.564. The van der Waals surface area contributed by atoms with Crippen molar-refractivity contribution >= 4 is 40.3 Å². The summed E-state index contributed by atoms with van der Waals surface area (Å²) < 4.78 is 32.5. The predicted molar refractivity (Wildman–Crippen MR) is 122 cm³/mol. The number of benzene rings is 3. The highest BCUT2D eigenvalue weighted by molar-refractivity contribution is 8.26. The van der Waals surface area contributed by atoms with Gasteiger partial charge in [-0.1, -0.05) is 60.4 Å². The van der Waals surface area contributed by atoms with Gasteiger partial charge in [0.15, 0.2) is 0 Å². The van der Waals surface area contributed by atoms with E-state index >= 15 is 0 Å². The number of hydrogen-bond acceptors (Lipinski definition) is 4. The van der Waals surface area contributed by atoms with Gasteiger partial charge >= 0.3 is 0 Å². The Balaban J connectivity index is 1.40. The number of carbonyl (C=O) groups excluding carboxylic acids is 1. The molecule has 4 rings (SSSR count). The Labute approximate surface area is 188 Å². The second kappa shape index (κ2) is 9.41. The van der Waals surface area contributed by atoms with Gasteiger partial charge in [0.25, 0.3) is 5.91 Å². The zero-order valence-electron chi connectivity index (χ0n) is 16.3. The van der Waals surface area contributed by atoms with E-state index in [9.17, 15) is 13.6 Å². The lowest BCUT2D eigenvalue weighted by atomic mass is 10.2. The quantitative estimate of drug-likeness (QED) is 0.341. The third-order valence-electron chi connectivity index (χ3n) is 4.60. The van der Waals surface area contributed by atoms with Crippen molar-refractivity contribution in [3.05, 3.63) is 106 Å². The van der Waals surface area contributed by atoms with Gasteiger partial charge in [0.05, 0.1) is 11.4 Å². The fourth-order valence-electron chi connectivity index (χ4n) is 3.01. The molecule has 3 nitrogen and oxygen atoms in total. The minimum Gasteiger partial charge on any atom is -0.489 e. The lowest BCUT2D eigenvalue weighted by Crippen LogP contribution is -2.27. The Morgan fingerprint density at radius 3 is 2.39 bits per heavy atom. The highest BCUT2D eigenvalue weighted by atomic mass is 32.2. The number of halogens is 2. The number of thiocarbonyl (C=S) groups is 1. The first-order valence-electron chi connectivity index (χ1n) is 9.45. The molecule has 0 radical (unpaired) electrons. The number of thioether (sulfide) groups is 1. The number of nitrogens with zero attached hydrogens (tertiary/aromatic N) is 1. The van der Waals surface area contributed by atoms with Crippen molar-refractivity contribution in [1.29, 1.82) is 0 Å². The molecule has 3 aromatic rings. The summed E-state index contributed by atoms with van der Waals surface area (Å²) >= 11 is 6.59. The highest BCUT2D eigenvalue weighted by Crippen LogP contribution is 2.33. The van der Waals surface area contributed by atoms with E-state index in [1.54, 1.807) is 42.5 Å². The van der Waals surface area contributed by atoms with Crippen LogP contribution in [-0.2, 0) is 17.9 Å². The molecule has 0 aliphatic carbocycles. The lowest BCUT2D eigenvalue weighted by molar-refractivity contribution is -0.122. The third-order valence-corrected chi connectivity index (χ3v) is 5.98. The molecule has 1 amide bonds. The van der Waals surface area contributed by atoms with Crippen molar-refractivity contribution in [1.82, 2.24) is 4.90 Å². The van der Waals surface area contributed by atoms with Crippen LogP contribution >= 0.6 is 24.0 Å². The van der Waals surface area contributed by atoms with Gasteiger partial charge in [0.2, 0.25) is 0 Å². The van der Waals surface area contributed by atoms with Crippen LogP contribution in [0, 0.1) is 11.6 Å². The Morgan fingerprint density at radius 1 is 0.935 bits per heavy atom. The minimum absolute atomic E-state index is 0.175. The molecule has 156 valence electrons. The van der Waals surface area contributed by atoms with E-state index in [2.05, 4.69) is 0 Å². The van der Waals surface area contributed by atoms with Gasteiger partial charge < -0.3 is 4.74 Å². The van der Waals surface area contributed by atoms with Crippen LogP contribution in [0.25, 0.3) is 6.08 Å². The standard InChI is InChI=1S/C24H17F2NO2S2/c25-19-8-4-17(5-9-19)14-27-23(28)22(31-24(27)30)13-16-6-10-21(11-7-16)29-15-18-2-1-3-20(26)12-18/h1-13H,14-15H2/b22-13-. The summed E-state index contributed by atoms with van der Waals surface area (Å²) in [5.41, 5.74) is 2.38. The first-order chi connectivity index (χ1) is 15.0. The monoisotopic (exact) mass is 453 g/mol. The van der Waals surface area contributed by atoms with Crippen LogP contribution < -0.4 is 4.74 Å². The maximum Gasteiger partial charge on any atom is 0.266 e. The second-order valence-corrected chi connectivity index (χ2v) is 8.56. The summed E-state index contributed by atoms with van der Waals surface area (Å²) in [5, 5.41) is 0. The van der Waals surface area contributed by atoms with Crippen LogP contribution in [-0.4, -0.2) is 15.1 Å². The number of rotatable bonds is 6. The van der Waals surface area contributed by atoms with Crippen LogP contribution in [0.4, 0.5) is 8.78 Å². The predicted octanol–water partition coefficient (Wildman–Crippen LogP) is 5.95. The van der Waals surface area contributed by atoms with Crippen molar-refractivity contribution in [2.75, 3.05) is 0 Å². The third kappa shape index (κ3) is 5.37. The number of carbonyl (C=O) groups is 1. The van der Waals surface area contributed by atoms with Crippen molar-refractivity contribution < 1.29 is 18.3 Å². The van der Waals surface area contributed by atoms with E-state index in [-0.39, 0.29) is 24.1 Å². The molecule has 7 heteroatoms. The Morgan fingerprint density at radius 2 is 1.68 bits per heavy atom. The maximum atomic E-state index is 13.2. The van der Waals surface area contributed by atoms with Gasteiger partial charge in [-0.2, -0.15) is 0 Å². The van der Waals surface area contributed by atoms with Crippen LogP contribution in [0.2, 0.25) is 0 Å². The number of amides is 1. The van der Waals surface area contributed by atoms with Gasteiger partial charge in [-0.25, -0.2) is 8.78 Å². The van der Waals surface area contributed by atoms with Crippen LogP contribution in [0.1, 0.15) is 16.7 Å². The molecule has 1 aliphatic heterocycles. The van der Waals surface area contributed by atoms with E-state index < -0.39 is 0 Å². The van der Waals surface area contributed by atoms with Crippen LogP contribution in [0.5, 0.6) is 5.75 Å². The van der Waals surface area contributed by atoms with E-state index in [1.807, 2.05) is 12.1 Å². The molecular weight excluding hydrogens is 436 g/mol. The lowest BCUT2D eigenvalue weighted by Gasteiger charge is -2.14. The Bertz CT molecular complexity index is 1150. The highest BCUT2D eigenvalue weighted by Gasteiger charge is 2.31. The first-order valence-corrected chi connectivity index (χ1v) is 10.7. The topological polar surface area (TPSA) is 29.5 Å². The molecule has 0 N–H and O–H groups in total. The van der Waals surface area contributed by atoms with Gasteiger partial charge in [-0.05, 0) is 59.2 Å². The van der Waals surface area contributed by atoms with E-state index in [4.69, 9.17) is 17.0 Å². The van der Waals surface area contributed by atoms with E-state index in [0.717, 1.165) is 16.7 Å². The zero-order chi connectivity index (χ0) is 21.8. The molecule has 0 bridgehead atoms. The largest absolute Gasteiger partial charge is 0.489 e. The van der Waals surface area contributed by atoms with E-state index in [1.165, 1.54) is 40.9 Å². The number of hydrogen-bond donors (Lipinski definition) is 0. The maximum absolute atomic E-state index is 13.2. The molecule has 0 aromatic heterocycles. The van der Waals surface area contributed by atoms with Crippen LogP contribution in [0.3, 0.4) is 0 Å². The minimum atomic E-state index is -0.322. The normalized spacial score (nSPS) is 15.0. The van der Waals surface area contributed by atoms with Crippen molar-refractivity contribution in [3.8, 4) is 5.75 Å². The average Bonchev–Trinajstić information content (AvgIpc) is 3.02. The molecule has 1 saturated heterocycles. The fourth-order valence-corrected chi connectivity index (χ4v) is 4.27. The van der Waals surface area contributed by atoms with Gasteiger partial charge in [0, 0.05) is 0 Å². The van der Waals surface area contributed by atoms with Crippen molar-refractivity contribution in [3.63, 3.8) is 0 Å². The molecule has 1 aliphatic rings. The fraction of sp³-hybridized carbons (Fsp3) is 0.0833. The number of ether oxygens (including phenoxy) is 1. The van der Waals surface area contributed by atoms with E-state index in [0.29, 0.717) is 21.5 Å². The van der Waals surface area contributed by atoms with Gasteiger partial charge in [-0.15, -0.1) is 0 Å². The molecule has 1 heterocycles. The Kier molecular flexibility index (Phi) is 6.44. The molecule has 0 spiro atoms. The summed E-state index contributed by atoms with van der Waals surface area (Å²) in [6.07, 6.45) is 1.78. The molecule has 0 atom stereocenters. The van der Waals surface area contributed by atoms with Gasteiger partial charge in [-0.3, -0.25) is 9.69 Å². The Hall–Kier alpha value is -3.03. The molecule has 0 saturated carbocycles. The molecule has 0 unspecified atom stereocenters. The smallest absolute Gasteiger partial charge is 0.266 e. The summed E-state index contributed by atoms with van der Waals surface area (Å²) in [6, 6.07) is 19.5. The molecule has 3 aromatic carbocycles. The first kappa shape index (κ1) is 21.2. The SMILES string of the molecule is O=C1/C(=C/c2ccc(OCc3cccc(F)c3)cc2)SC(=S)N1Cc1ccc(F)cc1. The second-order valence-electron chi connectivity index (χ2n) is 6.88. The zero-order valence-corrected chi connectivity index (χ0v) is 17.9. The molecular formula is C24H17F2NO2S2. The van der Waals surface area contributed by atoms with Gasteiger partial charge in [0.1, 0.15) is 28.3 Å².